The fourth-order valence-corrected chi connectivity index (χ4v) is 2.85. The summed E-state index contributed by atoms with van der Waals surface area (Å²) in [7, 11) is 0. The van der Waals surface area contributed by atoms with Crippen LogP contribution in [0.25, 0.3) is 5.65 Å². The molecule has 0 bridgehead atoms. The van der Waals surface area contributed by atoms with Crippen LogP contribution in [0.4, 0.5) is 0 Å². The van der Waals surface area contributed by atoms with Gasteiger partial charge in [-0.05, 0) is 36.0 Å². The summed E-state index contributed by atoms with van der Waals surface area (Å²) in [6.07, 6.45) is 3.42. The van der Waals surface area contributed by atoms with Crippen LogP contribution in [0.15, 0.2) is 71.2 Å². The molecule has 3 heterocycles. The predicted octanol–water partition coefficient (Wildman–Crippen LogP) is 3.40. The summed E-state index contributed by atoms with van der Waals surface area (Å²) in [5, 5.41) is 8.23. The molecule has 0 saturated carbocycles. The summed E-state index contributed by atoms with van der Waals surface area (Å²) < 4.78 is 7.89. The number of rotatable bonds is 4. The minimum atomic E-state index is 0.541. The fourth-order valence-electron chi connectivity index (χ4n) is 2.05. The fraction of sp³-hybridized carbons (Fsp3) is 0. The zero-order chi connectivity index (χ0) is 14.8. The largest absolute Gasteiger partial charge is 0.437 e. The predicted molar refractivity (Wildman–Crippen MR) is 82.2 cm³/mol. The number of nitrogens with one attached hydrogen (secondary N) is 1. The standard InChI is InChI=1S/C15H11N5OS/c1-2-6-11(7-3-1)21-13-14(22-15-16-10-17-19-15)20-9-5-4-8-12(20)18-13/h1-10H,(H,16,17,19). The first kappa shape index (κ1) is 12.9. The molecule has 4 rings (SSSR count). The third-order valence-corrected chi connectivity index (χ3v) is 3.95. The molecule has 1 N–H and O–H groups in total. The number of hydrogen-bond acceptors (Lipinski definition) is 5. The zero-order valence-electron chi connectivity index (χ0n) is 11.4. The van der Waals surface area contributed by atoms with E-state index < -0.39 is 0 Å². The Balaban J connectivity index is 1.79. The summed E-state index contributed by atoms with van der Waals surface area (Å²) >= 11 is 1.42. The van der Waals surface area contributed by atoms with Gasteiger partial charge in [0.05, 0.1) is 0 Å². The van der Waals surface area contributed by atoms with Crippen LogP contribution in [0.1, 0.15) is 0 Å². The molecule has 7 heteroatoms. The van der Waals surface area contributed by atoms with Crippen molar-refractivity contribution in [3.8, 4) is 11.6 Å². The van der Waals surface area contributed by atoms with Gasteiger partial charge in [0.2, 0.25) is 0 Å². The molecule has 0 aliphatic carbocycles. The van der Waals surface area contributed by atoms with E-state index >= 15 is 0 Å². The summed E-state index contributed by atoms with van der Waals surface area (Å²) in [6, 6.07) is 15.4. The van der Waals surface area contributed by atoms with Crippen LogP contribution >= 0.6 is 11.8 Å². The average molecular weight is 309 g/mol. The lowest BCUT2D eigenvalue weighted by Gasteiger charge is -2.04. The van der Waals surface area contributed by atoms with Crippen LogP contribution in [0.5, 0.6) is 11.6 Å². The molecule has 0 atom stereocenters. The van der Waals surface area contributed by atoms with E-state index in [4.69, 9.17) is 4.74 Å². The zero-order valence-corrected chi connectivity index (χ0v) is 12.2. The molecule has 22 heavy (non-hydrogen) atoms. The molecule has 4 aromatic rings. The van der Waals surface area contributed by atoms with E-state index in [0.717, 1.165) is 16.4 Å². The van der Waals surface area contributed by atoms with Crippen molar-refractivity contribution in [2.24, 2.45) is 0 Å². The average Bonchev–Trinajstić information content (AvgIpc) is 3.18. The van der Waals surface area contributed by atoms with Crippen molar-refractivity contribution in [1.29, 1.82) is 0 Å². The maximum Gasteiger partial charge on any atom is 0.253 e. The Morgan fingerprint density at radius 2 is 1.91 bits per heavy atom. The lowest BCUT2D eigenvalue weighted by Crippen LogP contribution is -1.89. The minimum absolute atomic E-state index is 0.541. The van der Waals surface area contributed by atoms with Gasteiger partial charge in [-0.2, -0.15) is 10.1 Å². The van der Waals surface area contributed by atoms with Crippen LogP contribution in [0, 0.1) is 0 Å². The van der Waals surface area contributed by atoms with Crippen molar-refractivity contribution in [2.75, 3.05) is 0 Å². The van der Waals surface area contributed by atoms with Gasteiger partial charge in [0.25, 0.3) is 5.88 Å². The number of aromatic amines is 1. The van der Waals surface area contributed by atoms with Crippen LogP contribution < -0.4 is 4.74 Å². The van der Waals surface area contributed by atoms with Gasteiger partial charge in [-0.15, -0.1) is 0 Å². The monoisotopic (exact) mass is 309 g/mol. The lowest BCUT2D eigenvalue weighted by atomic mass is 10.3. The van der Waals surface area contributed by atoms with Gasteiger partial charge in [0.1, 0.15) is 17.7 Å². The van der Waals surface area contributed by atoms with E-state index in [-0.39, 0.29) is 0 Å². The number of hydrogen-bond donors (Lipinski definition) is 1. The highest BCUT2D eigenvalue weighted by Gasteiger charge is 2.16. The van der Waals surface area contributed by atoms with Crippen LogP contribution in [-0.4, -0.2) is 24.6 Å². The summed E-state index contributed by atoms with van der Waals surface area (Å²) in [4.78, 5) is 8.69. The Morgan fingerprint density at radius 3 is 2.73 bits per heavy atom. The number of ether oxygens (including phenoxy) is 1. The van der Waals surface area contributed by atoms with Gasteiger partial charge >= 0.3 is 0 Å². The number of nitrogens with zero attached hydrogens (tertiary/aromatic N) is 4. The Labute approximate surface area is 130 Å². The van der Waals surface area contributed by atoms with Gasteiger partial charge in [-0.1, -0.05) is 24.3 Å². The van der Waals surface area contributed by atoms with Crippen LogP contribution in [-0.2, 0) is 0 Å². The molecule has 0 radical (unpaired) electrons. The van der Waals surface area contributed by atoms with E-state index in [1.54, 1.807) is 0 Å². The molecule has 0 unspecified atom stereocenters. The smallest absolute Gasteiger partial charge is 0.253 e. The van der Waals surface area contributed by atoms with E-state index in [1.807, 2.05) is 59.1 Å². The second kappa shape index (κ2) is 5.53. The number of pyridine rings is 1. The topological polar surface area (TPSA) is 68.1 Å². The third-order valence-electron chi connectivity index (χ3n) is 3.00. The Bertz CT molecular complexity index is 889. The van der Waals surface area contributed by atoms with Crippen molar-refractivity contribution < 1.29 is 4.74 Å². The highest BCUT2D eigenvalue weighted by Crippen LogP contribution is 2.35. The maximum atomic E-state index is 5.93. The molecule has 1 aromatic carbocycles. The number of benzene rings is 1. The van der Waals surface area contributed by atoms with Crippen LogP contribution in [0.2, 0.25) is 0 Å². The van der Waals surface area contributed by atoms with Crippen LogP contribution in [0.3, 0.4) is 0 Å². The molecule has 0 amide bonds. The van der Waals surface area contributed by atoms with E-state index in [0.29, 0.717) is 11.0 Å². The number of fused-ring (bicyclic) bond motifs is 1. The molecular formula is C15H11N5OS. The number of H-pyrrole nitrogens is 1. The van der Waals surface area contributed by atoms with Crippen molar-refractivity contribution in [3.63, 3.8) is 0 Å². The quantitative estimate of drug-likeness (QED) is 0.626. The summed E-state index contributed by atoms with van der Waals surface area (Å²) in [6.45, 7) is 0. The molecule has 0 aliphatic rings. The van der Waals surface area contributed by atoms with E-state index in [2.05, 4.69) is 20.2 Å². The van der Waals surface area contributed by atoms with E-state index in [9.17, 15) is 0 Å². The first-order valence-corrected chi connectivity index (χ1v) is 7.45. The molecule has 0 aliphatic heterocycles. The summed E-state index contributed by atoms with van der Waals surface area (Å²) in [5.74, 6) is 1.28. The molecule has 6 nitrogen and oxygen atoms in total. The SMILES string of the molecule is c1ccc(Oc2nc3ccccn3c2Sc2ncn[nH]2)cc1. The third kappa shape index (κ3) is 2.42. The van der Waals surface area contributed by atoms with Crippen molar-refractivity contribution in [2.45, 2.75) is 10.2 Å². The van der Waals surface area contributed by atoms with Gasteiger partial charge in [-0.3, -0.25) is 9.50 Å². The van der Waals surface area contributed by atoms with Crippen molar-refractivity contribution in [3.05, 3.63) is 61.1 Å². The second-order valence-electron chi connectivity index (χ2n) is 4.46. The maximum absolute atomic E-state index is 5.93. The normalized spacial score (nSPS) is 10.9. The Morgan fingerprint density at radius 1 is 1.05 bits per heavy atom. The Hall–Kier alpha value is -2.80. The van der Waals surface area contributed by atoms with Gasteiger partial charge in [-0.25, -0.2) is 4.98 Å². The lowest BCUT2D eigenvalue weighted by molar-refractivity contribution is 0.453. The van der Waals surface area contributed by atoms with Gasteiger partial charge in [0.15, 0.2) is 10.2 Å². The van der Waals surface area contributed by atoms with E-state index in [1.165, 1.54) is 18.1 Å². The molecular weight excluding hydrogens is 298 g/mol. The van der Waals surface area contributed by atoms with Gasteiger partial charge in [0, 0.05) is 6.20 Å². The molecule has 108 valence electrons. The molecule has 0 saturated heterocycles. The minimum Gasteiger partial charge on any atom is -0.437 e. The van der Waals surface area contributed by atoms with Crippen molar-refractivity contribution >= 4 is 17.4 Å². The molecule has 0 fully saturated rings. The van der Waals surface area contributed by atoms with Crippen molar-refractivity contribution in [1.82, 2.24) is 24.6 Å². The number of aromatic nitrogens is 5. The second-order valence-corrected chi connectivity index (χ2v) is 5.44. The highest BCUT2D eigenvalue weighted by atomic mass is 32.2. The number of para-hydroxylation sites is 1. The summed E-state index contributed by atoms with van der Waals surface area (Å²) in [5.41, 5.74) is 0.815. The number of imidazole rings is 1. The first-order chi connectivity index (χ1) is 10.9. The first-order valence-electron chi connectivity index (χ1n) is 6.63. The highest BCUT2D eigenvalue weighted by molar-refractivity contribution is 7.99. The Kier molecular flexibility index (Phi) is 3.24. The van der Waals surface area contributed by atoms with Gasteiger partial charge < -0.3 is 4.74 Å². The molecule has 0 spiro atoms. The molecule has 3 aromatic heterocycles.